The average molecular weight is 1110 g/mol. The van der Waals surface area contributed by atoms with E-state index < -0.39 is 107 Å². The maximum Gasteiger partial charge on any atom is 0.343 e. The number of carbonyl (C=O) groups is 7. The molecule has 6 amide bonds. The van der Waals surface area contributed by atoms with Crippen LogP contribution in [0.15, 0.2) is 70.9 Å². The Kier molecular flexibility index (Phi) is 17.6. The van der Waals surface area contributed by atoms with Crippen LogP contribution >= 0.6 is 0 Å². The smallest absolute Gasteiger partial charge is 0.343 e. The fourth-order valence-electron chi connectivity index (χ4n) is 9.05. The van der Waals surface area contributed by atoms with Gasteiger partial charge in [-0.15, -0.1) is 0 Å². The van der Waals surface area contributed by atoms with Gasteiger partial charge in [-0.25, -0.2) is 32.6 Å². The zero-order chi connectivity index (χ0) is 56.6. The number of sulfone groups is 1. The third kappa shape index (κ3) is 13.6. The summed E-state index contributed by atoms with van der Waals surface area (Å²) in [7, 11) is -3.54. The number of nitrogens with one attached hydrogen (secondary N) is 6. The molecular formula is C54H57FN10O13S. The van der Waals surface area contributed by atoms with Crippen LogP contribution in [0.5, 0.6) is 0 Å². The summed E-state index contributed by atoms with van der Waals surface area (Å²) in [5.74, 6) is 0.345. The van der Waals surface area contributed by atoms with E-state index in [9.17, 15) is 51.9 Å². The summed E-state index contributed by atoms with van der Waals surface area (Å²) >= 11 is 0. The van der Waals surface area contributed by atoms with Crippen LogP contribution in [0.3, 0.4) is 0 Å². The van der Waals surface area contributed by atoms with Crippen molar-refractivity contribution in [3.05, 3.63) is 116 Å². The zero-order valence-corrected chi connectivity index (χ0v) is 44.1. The van der Waals surface area contributed by atoms with Crippen LogP contribution in [0.25, 0.3) is 22.3 Å². The molecule has 0 bridgehead atoms. The number of ether oxygens (including phenoxy) is 2. The number of esters is 1. The number of carbonyl (C=O) groups excluding carboxylic acids is 7. The van der Waals surface area contributed by atoms with Crippen molar-refractivity contribution in [3.63, 3.8) is 0 Å². The molecule has 79 heavy (non-hydrogen) atoms. The van der Waals surface area contributed by atoms with Crippen molar-refractivity contribution < 1.29 is 61.0 Å². The quantitative estimate of drug-likeness (QED) is 0.0160. The molecule has 5 aromatic rings. The van der Waals surface area contributed by atoms with Gasteiger partial charge < -0.3 is 51.0 Å². The van der Waals surface area contributed by atoms with Crippen molar-refractivity contribution in [1.29, 1.82) is 0 Å². The minimum atomic E-state index is -3.54. The Hall–Kier alpha value is -8.47. The summed E-state index contributed by atoms with van der Waals surface area (Å²) in [4.78, 5) is 117. The first-order chi connectivity index (χ1) is 37.7. The minimum Gasteiger partial charge on any atom is -0.458 e. The molecule has 5 heterocycles. The minimum absolute atomic E-state index is 0.0295. The van der Waals surface area contributed by atoms with Gasteiger partial charge in [0.05, 0.1) is 54.2 Å². The first-order valence-electron chi connectivity index (χ1n) is 25.3. The standard InChI is InChI=1S/C54H57FN10O13S/c1-4-54(74)38-19-42-47-36(27-65(42)51(72)37(38)28-77-52(54)73)35(34-17-30(2)39(55)20-40(34)64-47)23-58-50(71)48(33-15-16-33)78-29-62-45(68)25-59-49(70)41(18-31-11-7-5-8-12-31)63-46(69)26-57-44(67)24-56-43(66)14-10-6-9-13-32-21-60-53(61-22-32)79(3,75)76/h5,7-8,11-12,17,19-22,33,41,48,74H,4,6,10,14-16,18,23-29H2,1-3H3,(H,56,66)(H,57,67)(H,58,71)(H,59,70)(H,62,68)(H,63,69)/t41-,48+,54-/m0/s1. The van der Waals surface area contributed by atoms with E-state index in [2.05, 4.69) is 53.7 Å². The lowest BCUT2D eigenvalue weighted by Gasteiger charge is -2.31. The summed E-state index contributed by atoms with van der Waals surface area (Å²) in [6.07, 6.45) is 4.60. The molecule has 0 radical (unpaired) electrons. The molecule has 3 atom stereocenters. The summed E-state index contributed by atoms with van der Waals surface area (Å²) in [5, 5.41) is 27.0. The zero-order valence-electron chi connectivity index (χ0n) is 43.3. The Morgan fingerprint density at radius 3 is 2.32 bits per heavy atom. The third-order valence-corrected chi connectivity index (χ3v) is 14.4. The highest BCUT2D eigenvalue weighted by atomic mass is 32.2. The molecule has 8 rings (SSSR count). The topological polar surface area (TPSA) is 325 Å². The number of nitrogens with zero attached hydrogens (tertiary/aromatic N) is 4. The average Bonchev–Trinajstić information content (AvgIpc) is 4.30. The molecule has 7 N–H and O–H groups in total. The van der Waals surface area contributed by atoms with Gasteiger partial charge in [-0.3, -0.25) is 33.6 Å². The highest BCUT2D eigenvalue weighted by Gasteiger charge is 2.46. The van der Waals surface area contributed by atoms with Crippen LogP contribution in [0, 0.1) is 30.5 Å². The lowest BCUT2D eigenvalue weighted by Crippen LogP contribution is -2.52. The van der Waals surface area contributed by atoms with Crippen molar-refractivity contribution in [2.75, 3.05) is 32.6 Å². The van der Waals surface area contributed by atoms with E-state index >= 15 is 4.39 Å². The van der Waals surface area contributed by atoms with Crippen molar-refractivity contribution >= 4 is 62.2 Å². The van der Waals surface area contributed by atoms with Crippen molar-refractivity contribution in [2.45, 2.75) is 101 Å². The van der Waals surface area contributed by atoms with Gasteiger partial charge in [-0.05, 0) is 67.3 Å². The molecule has 0 saturated heterocycles. The predicted octanol–water partition coefficient (Wildman–Crippen LogP) is 0.504. The summed E-state index contributed by atoms with van der Waals surface area (Å²) in [5.41, 5.74) is 1.13. The number of rotatable bonds is 22. The predicted molar refractivity (Wildman–Crippen MR) is 279 cm³/mol. The monoisotopic (exact) mass is 1100 g/mol. The second-order valence-electron chi connectivity index (χ2n) is 19.3. The van der Waals surface area contributed by atoms with Gasteiger partial charge in [-0.2, -0.15) is 0 Å². The van der Waals surface area contributed by atoms with Crippen LogP contribution in [0.1, 0.15) is 84.4 Å². The Labute approximate surface area is 452 Å². The number of cyclic esters (lactones) is 1. The highest BCUT2D eigenvalue weighted by molar-refractivity contribution is 7.90. The van der Waals surface area contributed by atoms with Crippen molar-refractivity contribution in [2.24, 2.45) is 5.92 Å². The van der Waals surface area contributed by atoms with Gasteiger partial charge in [0.2, 0.25) is 50.4 Å². The second-order valence-corrected chi connectivity index (χ2v) is 21.2. The summed E-state index contributed by atoms with van der Waals surface area (Å²) in [6.45, 7) is 0.912. The molecule has 414 valence electrons. The third-order valence-electron chi connectivity index (χ3n) is 13.5. The second kappa shape index (κ2) is 24.5. The van der Waals surface area contributed by atoms with E-state index in [-0.39, 0.29) is 66.7 Å². The Bertz CT molecular complexity index is 3490. The number of fused-ring (bicyclic) bond motifs is 5. The molecule has 23 nitrogen and oxygen atoms in total. The van der Waals surface area contributed by atoms with Crippen LogP contribution in [0.2, 0.25) is 0 Å². The van der Waals surface area contributed by atoms with Crippen molar-refractivity contribution in [1.82, 2.24) is 51.4 Å². The van der Waals surface area contributed by atoms with Crippen LogP contribution in [-0.4, -0.2) is 119 Å². The number of unbranched alkanes of at least 4 members (excludes halogenated alkanes) is 1. The Balaban J connectivity index is 0.811. The number of aryl methyl sites for hydroxylation is 1. The summed E-state index contributed by atoms with van der Waals surface area (Å²) < 4.78 is 50.6. The van der Waals surface area contributed by atoms with Gasteiger partial charge >= 0.3 is 5.97 Å². The lowest BCUT2D eigenvalue weighted by atomic mass is 9.86. The molecule has 2 aromatic carbocycles. The largest absolute Gasteiger partial charge is 0.458 e. The normalized spacial score (nSPS) is 15.9. The number of pyridine rings is 2. The number of hydrogen-bond donors (Lipinski definition) is 7. The van der Waals surface area contributed by atoms with E-state index in [1.807, 2.05) is 0 Å². The number of amides is 6. The molecule has 0 spiro atoms. The highest BCUT2D eigenvalue weighted by Crippen LogP contribution is 2.41. The lowest BCUT2D eigenvalue weighted by molar-refractivity contribution is -0.172. The number of halogens is 1. The maximum atomic E-state index is 15.1. The molecule has 3 aromatic heterocycles. The number of aromatic nitrogens is 4. The summed E-state index contributed by atoms with van der Waals surface area (Å²) in [6, 6.07) is 12.0. The SMILES string of the molecule is CC[C@@]1(O)C(=O)OCc2c1cc1n(c2=O)Cc2c-1nc1cc(F)c(C)cc1c2CNC(=O)[C@H](OCNC(=O)CNC(=O)[C@H](Cc1ccccc1)NC(=O)CNC(=O)CNC(=O)CCCC#Cc1cnc(S(C)(=O)=O)nc1)C1CC1. The molecule has 1 fully saturated rings. The Morgan fingerprint density at radius 2 is 1.61 bits per heavy atom. The molecule has 0 unspecified atom stereocenters. The molecule has 3 aliphatic rings. The van der Waals surface area contributed by atoms with Gasteiger partial charge in [0, 0.05) is 67.0 Å². The number of benzene rings is 2. The van der Waals surface area contributed by atoms with Crippen LogP contribution in [0.4, 0.5) is 4.39 Å². The van der Waals surface area contributed by atoms with E-state index in [1.54, 1.807) is 56.3 Å². The molecular weight excluding hydrogens is 1050 g/mol. The first kappa shape index (κ1) is 56.7. The van der Waals surface area contributed by atoms with E-state index in [1.165, 1.54) is 23.0 Å². The van der Waals surface area contributed by atoms with E-state index in [4.69, 9.17) is 14.5 Å². The molecule has 2 aliphatic heterocycles. The van der Waals surface area contributed by atoms with Crippen LogP contribution < -0.4 is 37.5 Å². The van der Waals surface area contributed by atoms with E-state index in [0.29, 0.717) is 70.3 Å². The van der Waals surface area contributed by atoms with E-state index in [0.717, 1.165) is 6.26 Å². The van der Waals surface area contributed by atoms with Gasteiger partial charge in [0.1, 0.15) is 31.3 Å². The van der Waals surface area contributed by atoms with Gasteiger partial charge in [0.25, 0.3) is 5.56 Å². The maximum absolute atomic E-state index is 15.1. The van der Waals surface area contributed by atoms with Gasteiger partial charge in [0.15, 0.2) is 5.60 Å². The van der Waals surface area contributed by atoms with Gasteiger partial charge in [-0.1, -0.05) is 49.1 Å². The number of aliphatic hydroxyl groups is 1. The number of hydrogen-bond acceptors (Lipinski definition) is 16. The molecule has 1 aliphatic carbocycles. The van der Waals surface area contributed by atoms with Crippen LogP contribution in [-0.2, 0) is 84.6 Å². The van der Waals surface area contributed by atoms with Crippen molar-refractivity contribution in [3.8, 4) is 23.2 Å². The first-order valence-corrected chi connectivity index (χ1v) is 27.2. The molecule has 25 heteroatoms. The fraction of sp³-hybridized carbons (Fsp3) is 0.389. The molecule has 1 saturated carbocycles. The fourth-order valence-corrected chi connectivity index (χ4v) is 9.54. The Morgan fingerprint density at radius 1 is 0.911 bits per heavy atom.